The molecule has 3 aromatic rings. The molecular weight excluding hydrogens is 509 g/mol. The third-order valence-electron chi connectivity index (χ3n) is 6.83. The molecular formula is C30H29Cl2NO4. The quantitative estimate of drug-likeness (QED) is 0.291. The lowest BCUT2D eigenvalue weighted by atomic mass is 9.97. The van der Waals surface area contributed by atoms with E-state index in [2.05, 4.69) is 0 Å². The zero-order valence-electron chi connectivity index (χ0n) is 20.5. The Morgan fingerprint density at radius 2 is 1.89 bits per heavy atom. The number of nitrogens with zero attached hydrogens (tertiary/aromatic N) is 1. The van der Waals surface area contributed by atoms with Crippen molar-refractivity contribution in [2.75, 3.05) is 6.54 Å². The maximum absolute atomic E-state index is 12.5. The lowest BCUT2D eigenvalue weighted by molar-refractivity contribution is -0.128. The molecule has 7 heteroatoms. The van der Waals surface area contributed by atoms with Gasteiger partial charge in [-0.2, -0.15) is 0 Å². The van der Waals surface area contributed by atoms with E-state index in [1.165, 1.54) is 0 Å². The SMILES string of the molecule is Cc1c(-c2cccc(C(O)/C=C/C3CCC(=O)N3CCCc3ccc(C(=O)O)cc3)c2)ccc(Cl)c1Cl. The predicted octanol–water partition coefficient (Wildman–Crippen LogP) is 6.88. The molecule has 192 valence electrons. The molecule has 0 radical (unpaired) electrons. The number of hydrogen-bond acceptors (Lipinski definition) is 3. The lowest BCUT2D eigenvalue weighted by Gasteiger charge is -2.23. The molecule has 0 bridgehead atoms. The largest absolute Gasteiger partial charge is 0.478 e. The molecule has 1 fully saturated rings. The van der Waals surface area contributed by atoms with Crippen molar-refractivity contribution >= 4 is 35.1 Å². The van der Waals surface area contributed by atoms with Crippen molar-refractivity contribution in [3.8, 4) is 11.1 Å². The van der Waals surface area contributed by atoms with Gasteiger partial charge in [-0.3, -0.25) is 4.79 Å². The zero-order valence-corrected chi connectivity index (χ0v) is 22.0. The van der Waals surface area contributed by atoms with Crippen LogP contribution in [0.3, 0.4) is 0 Å². The molecule has 1 amide bonds. The minimum atomic E-state index is -0.942. The maximum Gasteiger partial charge on any atom is 0.335 e. The Kier molecular flexibility index (Phi) is 8.70. The van der Waals surface area contributed by atoms with Crippen LogP contribution in [0.5, 0.6) is 0 Å². The number of rotatable bonds is 9. The molecule has 2 unspecified atom stereocenters. The summed E-state index contributed by atoms with van der Waals surface area (Å²) in [6.07, 6.45) is 5.60. The van der Waals surface area contributed by atoms with E-state index in [-0.39, 0.29) is 17.5 Å². The highest BCUT2D eigenvalue weighted by Gasteiger charge is 2.28. The second kappa shape index (κ2) is 12.0. The van der Waals surface area contributed by atoms with E-state index in [1.807, 2.05) is 60.4 Å². The van der Waals surface area contributed by atoms with Gasteiger partial charge in [0.1, 0.15) is 0 Å². The first-order valence-electron chi connectivity index (χ1n) is 12.3. The molecule has 4 rings (SSSR count). The van der Waals surface area contributed by atoms with Crippen LogP contribution in [-0.4, -0.2) is 39.6 Å². The summed E-state index contributed by atoms with van der Waals surface area (Å²) < 4.78 is 0. The first-order valence-corrected chi connectivity index (χ1v) is 13.0. The van der Waals surface area contributed by atoms with E-state index < -0.39 is 12.1 Å². The van der Waals surface area contributed by atoms with Crippen LogP contribution in [0.1, 0.15) is 52.4 Å². The number of carbonyl (C=O) groups is 2. The standard InChI is InChI=1S/C30H29Cl2NO4/c1-19-25(13-14-26(31)29(19)32)22-5-2-6-23(18-22)27(34)15-11-24-12-16-28(35)33(24)17-3-4-20-7-9-21(10-8-20)30(36)37/h2,5-11,13-15,18,24,27,34H,3-4,12,16-17H2,1H3,(H,36,37)/b15-11+. The molecule has 1 heterocycles. The van der Waals surface area contributed by atoms with Gasteiger partial charge < -0.3 is 15.1 Å². The summed E-state index contributed by atoms with van der Waals surface area (Å²) in [6, 6.07) is 18.2. The summed E-state index contributed by atoms with van der Waals surface area (Å²) in [4.78, 5) is 25.4. The first-order chi connectivity index (χ1) is 17.7. The number of halogens is 2. The summed E-state index contributed by atoms with van der Waals surface area (Å²) in [5.74, 6) is -0.829. The molecule has 0 saturated carbocycles. The fourth-order valence-electron chi connectivity index (χ4n) is 4.71. The summed E-state index contributed by atoms with van der Waals surface area (Å²) in [7, 11) is 0. The Bertz CT molecular complexity index is 1320. The number of hydrogen-bond donors (Lipinski definition) is 2. The van der Waals surface area contributed by atoms with Crippen LogP contribution in [0.15, 0.2) is 72.8 Å². The van der Waals surface area contributed by atoms with Crippen LogP contribution < -0.4 is 0 Å². The summed E-state index contributed by atoms with van der Waals surface area (Å²) in [6.45, 7) is 2.53. The van der Waals surface area contributed by atoms with E-state index in [4.69, 9.17) is 28.3 Å². The Morgan fingerprint density at radius 1 is 1.14 bits per heavy atom. The van der Waals surface area contributed by atoms with Gasteiger partial charge in [0.15, 0.2) is 0 Å². The molecule has 1 aliphatic heterocycles. The van der Waals surface area contributed by atoms with Crippen LogP contribution >= 0.6 is 23.2 Å². The van der Waals surface area contributed by atoms with Crippen molar-refractivity contribution in [2.24, 2.45) is 0 Å². The van der Waals surface area contributed by atoms with Crippen molar-refractivity contribution in [1.29, 1.82) is 0 Å². The number of carboxylic acids is 1. The van der Waals surface area contributed by atoms with Crippen molar-refractivity contribution in [3.63, 3.8) is 0 Å². The van der Waals surface area contributed by atoms with Crippen molar-refractivity contribution in [1.82, 2.24) is 4.90 Å². The van der Waals surface area contributed by atoms with E-state index in [9.17, 15) is 14.7 Å². The van der Waals surface area contributed by atoms with Gasteiger partial charge >= 0.3 is 5.97 Å². The van der Waals surface area contributed by atoms with E-state index >= 15 is 0 Å². The second-order valence-corrected chi connectivity index (χ2v) is 10.1. The number of amides is 1. The fourth-order valence-corrected chi connectivity index (χ4v) is 5.08. The second-order valence-electron chi connectivity index (χ2n) is 9.29. The molecule has 1 saturated heterocycles. The summed E-state index contributed by atoms with van der Waals surface area (Å²) in [5, 5.41) is 20.9. The minimum Gasteiger partial charge on any atom is -0.478 e. The zero-order chi connectivity index (χ0) is 26.5. The number of aliphatic hydroxyl groups excluding tert-OH is 1. The number of aryl methyl sites for hydroxylation is 1. The van der Waals surface area contributed by atoms with E-state index in [1.54, 1.807) is 24.3 Å². The number of aromatic carboxylic acids is 1. The Balaban J connectivity index is 1.39. The predicted molar refractivity (Wildman–Crippen MR) is 147 cm³/mol. The molecule has 3 aromatic carbocycles. The number of likely N-dealkylation sites (tertiary alicyclic amines) is 1. The normalized spacial score (nSPS) is 16.5. The fraction of sp³-hybridized carbons (Fsp3) is 0.267. The van der Waals surface area contributed by atoms with E-state index in [0.717, 1.165) is 47.1 Å². The Labute approximate surface area is 227 Å². The molecule has 2 atom stereocenters. The van der Waals surface area contributed by atoms with Gasteiger partial charge in [-0.25, -0.2) is 4.79 Å². The van der Waals surface area contributed by atoms with Crippen molar-refractivity contribution in [3.05, 3.63) is 105 Å². The van der Waals surface area contributed by atoms with Crippen LogP contribution in [0.25, 0.3) is 11.1 Å². The number of carboxylic acid groups (broad SMARTS) is 1. The van der Waals surface area contributed by atoms with Crippen molar-refractivity contribution in [2.45, 2.75) is 44.8 Å². The topological polar surface area (TPSA) is 77.8 Å². The molecule has 0 spiro atoms. The van der Waals surface area contributed by atoms with Crippen molar-refractivity contribution < 1.29 is 19.8 Å². The van der Waals surface area contributed by atoms with Crippen LogP contribution in [0, 0.1) is 6.92 Å². The average molecular weight is 538 g/mol. The molecule has 5 nitrogen and oxygen atoms in total. The van der Waals surface area contributed by atoms with Gasteiger partial charge in [-0.05, 0) is 78.3 Å². The van der Waals surface area contributed by atoms with Crippen LogP contribution in [0.2, 0.25) is 10.0 Å². The number of carbonyl (C=O) groups excluding carboxylic acids is 1. The average Bonchev–Trinajstić information content (AvgIpc) is 3.25. The Hall–Kier alpha value is -3.12. The molecule has 37 heavy (non-hydrogen) atoms. The first kappa shape index (κ1) is 26.9. The molecule has 1 aliphatic rings. The molecule has 0 aromatic heterocycles. The summed E-state index contributed by atoms with van der Waals surface area (Å²) >= 11 is 12.5. The summed E-state index contributed by atoms with van der Waals surface area (Å²) in [5.41, 5.74) is 4.83. The Morgan fingerprint density at radius 3 is 2.62 bits per heavy atom. The monoisotopic (exact) mass is 537 g/mol. The number of aliphatic hydroxyl groups is 1. The smallest absolute Gasteiger partial charge is 0.335 e. The molecule has 0 aliphatic carbocycles. The van der Waals surface area contributed by atoms with Gasteiger partial charge in [0.05, 0.1) is 27.8 Å². The minimum absolute atomic E-state index is 0.0583. The van der Waals surface area contributed by atoms with Gasteiger partial charge in [0.25, 0.3) is 0 Å². The third-order valence-corrected chi connectivity index (χ3v) is 7.73. The van der Waals surface area contributed by atoms with Gasteiger partial charge in [-0.1, -0.05) is 71.8 Å². The molecule has 2 N–H and O–H groups in total. The lowest BCUT2D eigenvalue weighted by Crippen LogP contribution is -2.33. The maximum atomic E-state index is 12.5. The van der Waals surface area contributed by atoms with Gasteiger partial charge in [-0.15, -0.1) is 0 Å². The number of benzene rings is 3. The van der Waals surface area contributed by atoms with Gasteiger partial charge in [0, 0.05) is 13.0 Å². The highest BCUT2D eigenvalue weighted by atomic mass is 35.5. The highest BCUT2D eigenvalue weighted by Crippen LogP contribution is 2.34. The van der Waals surface area contributed by atoms with E-state index in [0.29, 0.717) is 23.0 Å². The highest BCUT2D eigenvalue weighted by molar-refractivity contribution is 6.42. The van der Waals surface area contributed by atoms with Gasteiger partial charge in [0.2, 0.25) is 5.91 Å². The third kappa shape index (κ3) is 6.42. The van der Waals surface area contributed by atoms with Crippen LogP contribution in [-0.2, 0) is 11.2 Å². The van der Waals surface area contributed by atoms with Crippen LogP contribution in [0.4, 0.5) is 0 Å².